The molecule has 0 aliphatic carbocycles. The first kappa shape index (κ1) is 16.2. The van der Waals surface area contributed by atoms with Crippen LogP contribution in [0.25, 0.3) is 0 Å². The molecule has 7 nitrogen and oxygen atoms in total. The molecule has 1 fully saturated rings. The highest BCUT2D eigenvalue weighted by Gasteiger charge is 2.29. The number of hydrogen-bond donors (Lipinski definition) is 1. The van der Waals surface area contributed by atoms with Crippen molar-refractivity contribution >= 4 is 11.8 Å². The molecule has 3 rings (SSSR count). The summed E-state index contributed by atoms with van der Waals surface area (Å²) in [6.45, 7) is 3.23. The number of carbonyl (C=O) groups is 2. The van der Waals surface area contributed by atoms with Gasteiger partial charge in [0.1, 0.15) is 5.76 Å². The summed E-state index contributed by atoms with van der Waals surface area (Å²) in [6, 6.07) is 5.37. The van der Waals surface area contributed by atoms with Crippen molar-refractivity contribution in [3.05, 3.63) is 47.6 Å². The van der Waals surface area contributed by atoms with Crippen molar-refractivity contribution in [3.63, 3.8) is 0 Å². The van der Waals surface area contributed by atoms with Crippen LogP contribution in [-0.2, 0) is 11.3 Å². The molecular formula is C17H20N4O3. The number of likely N-dealkylation sites (tertiary alicyclic amines) is 1. The molecule has 0 spiro atoms. The summed E-state index contributed by atoms with van der Waals surface area (Å²) in [6.07, 6.45) is 5.00. The van der Waals surface area contributed by atoms with E-state index in [1.165, 1.54) is 0 Å². The molecule has 2 aromatic rings. The number of rotatable bonds is 4. The molecule has 1 saturated heterocycles. The average Bonchev–Trinajstić information content (AvgIpc) is 3.06. The molecule has 24 heavy (non-hydrogen) atoms. The molecule has 3 heterocycles. The number of piperidine rings is 1. The van der Waals surface area contributed by atoms with Gasteiger partial charge in [-0.3, -0.25) is 14.6 Å². The number of nitrogens with one attached hydrogen (secondary N) is 1. The topological polar surface area (TPSA) is 88.3 Å². The minimum atomic E-state index is -0.202. The van der Waals surface area contributed by atoms with Gasteiger partial charge in [0.2, 0.25) is 5.91 Å². The Morgan fingerprint density at radius 3 is 3.04 bits per heavy atom. The Balaban J connectivity index is 1.56. The highest BCUT2D eigenvalue weighted by molar-refractivity contribution is 5.92. The number of nitrogens with zero attached hydrogens (tertiary/aromatic N) is 3. The van der Waals surface area contributed by atoms with Crippen molar-refractivity contribution in [2.24, 2.45) is 5.92 Å². The molecule has 0 radical (unpaired) electrons. The summed E-state index contributed by atoms with van der Waals surface area (Å²) in [5.41, 5.74) is 1.25. The first-order chi connectivity index (χ1) is 11.6. The number of pyridine rings is 1. The molecule has 1 atom stereocenters. The van der Waals surface area contributed by atoms with E-state index in [2.05, 4.69) is 15.5 Å². The normalized spacial score (nSPS) is 17.5. The molecule has 7 heteroatoms. The van der Waals surface area contributed by atoms with Crippen molar-refractivity contribution in [1.29, 1.82) is 0 Å². The van der Waals surface area contributed by atoms with Gasteiger partial charge < -0.3 is 14.7 Å². The monoisotopic (exact) mass is 328 g/mol. The molecule has 1 aliphatic heterocycles. The fourth-order valence-corrected chi connectivity index (χ4v) is 2.84. The summed E-state index contributed by atoms with van der Waals surface area (Å²) >= 11 is 0. The summed E-state index contributed by atoms with van der Waals surface area (Å²) in [5.74, 6) is 0.179. The van der Waals surface area contributed by atoms with Gasteiger partial charge in [0, 0.05) is 38.1 Å². The second-order valence-corrected chi connectivity index (χ2v) is 5.99. The van der Waals surface area contributed by atoms with Gasteiger partial charge in [-0.15, -0.1) is 0 Å². The molecule has 0 unspecified atom stereocenters. The summed E-state index contributed by atoms with van der Waals surface area (Å²) < 4.78 is 4.96. The lowest BCUT2D eigenvalue weighted by atomic mass is 9.96. The third-order valence-corrected chi connectivity index (χ3v) is 4.12. The molecular weight excluding hydrogens is 308 g/mol. The van der Waals surface area contributed by atoms with Crippen LogP contribution in [0.2, 0.25) is 0 Å². The molecule has 0 bridgehead atoms. The highest BCUT2D eigenvalue weighted by atomic mass is 16.5. The maximum atomic E-state index is 12.4. The zero-order chi connectivity index (χ0) is 16.9. The average molecular weight is 328 g/mol. The van der Waals surface area contributed by atoms with Crippen LogP contribution in [0.4, 0.5) is 0 Å². The molecule has 0 aromatic carbocycles. The maximum Gasteiger partial charge on any atom is 0.276 e. The van der Waals surface area contributed by atoms with E-state index in [0.29, 0.717) is 31.1 Å². The van der Waals surface area contributed by atoms with Gasteiger partial charge in [0.25, 0.3) is 5.91 Å². The number of aryl methyl sites for hydroxylation is 1. The Hall–Kier alpha value is -2.70. The predicted molar refractivity (Wildman–Crippen MR) is 86.0 cm³/mol. The van der Waals surface area contributed by atoms with E-state index in [1.807, 2.05) is 12.1 Å². The molecule has 0 saturated carbocycles. The molecule has 1 N–H and O–H groups in total. The Bertz CT molecular complexity index is 714. The summed E-state index contributed by atoms with van der Waals surface area (Å²) in [4.78, 5) is 30.5. The van der Waals surface area contributed by atoms with Crippen LogP contribution in [0.5, 0.6) is 0 Å². The predicted octanol–water partition coefficient (Wildman–Crippen LogP) is 1.55. The number of carbonyl (C=O) groups excluding carboxylic acids is 2. The quantitative estimate of drug-likeness (QED) is 0.920. The van der Waals surface area contributed by atoms with Crippen LogP contribution >= 0.6 is 0 Å². The summed E-state index contributed by atoms with van der Waals surface area (Å²) in [5, 5.41) is 6.68. The number of hydrogen-bond acceptors (Lipinski definition) is 5. The van der Waals surface area contributed by atoms with E-state index in [0.717, 1.165) is 18.4 Å². The second-order valence-electron chi connectivity index (χ2n) is 5.99. The van der Waals surface area contributed by atoms with Crippen LogP contribution in [0.15, 0.2) is 35.1 Å². The van der Waals surface area contributed by atoms with Gasteiger partial charge in [0.15, 0.2) is 5.69 Å². The molecule has 2 amide bonds. The lowest BCUT2D eigenvalue weighted by molar-refractivity contribution is -0.126. The minimum absolute atomic E-state index is 0.0345. The molecule has 2 aromatic heterocycles. The van der Waals surface area contributed by atoms with Gasteiger partial charge in [-0.2, -0.15) is 0 Å². The lowest BCUT2D eigenvalue weighted by Crippen LogP contribution is -2.45. The largest absolute Gasteiger partial charge is 0.361 e. The lowest BCUT2D eigenvalue weighted by Gasteiger charge is -2.31. The third kappa shape index (κ3) is 3.79. The second kappa shape index (κ2) is 7.25. The third-order valence-electron chi connectivity index (χ3n) is 4.12. The van der Waals surface area contributed by atoms with Gasteiger partial charge in [-0.25, -0.2) is 0 Å². The van der Waals surface area contributed by atoms with Crippen molar-refractivity contribution in [2.45, 2.75) is 26.3 Å². The summed E-state index contributed by atoms with van der Waals surface area (Å²) in [7, 11) is 0. The first-order valence-electron chi connectivity index (χ1n) is 8.02. The zero-order valence-electron chi connectivity index (χ0n) is 13.6. The van der Waals surface area contributed by atoms with Crippen molar-refractivity contribution in [3.8, 4) is 0 Å². The van der Waals surface area contributed by atoms with Crippen LogP contribution in [-0.4, -0.2) is 39.9 Å². The van der Waals surface area contributed by atoms with E-state index in [4.69, 9.17) is 4.52 Å². The fraction of sp³-hybridized carbons (Fsp3) is 0.412. The van der Waals surface area contributed by atoms with Gasteiger partial charge in [0.05, 0.1) is 5.92 Å². The SMILES string of the molecule is Cc1cc(C(=O)N2CCC[C@@H](C(=O)NCc3cccnc3)C2)no1. The van der Waals surface area contributed by atoms with E-state index < -0.39 is 0 Å². The number of aromatic nitrogens is 2. The van der Waals surface area contributed by atoms with E-state index in [1.54, 1.807) is 30.3 Å². The van der Waals surface area contributed by atoms with Gasteiger partial charge in [-0.1, -0.05) is 11.2 Å². The van der Waals surface area contributed by atoms with Crippen molar-refractivity contribution in [1.82, 2.24) is 20.4 Å². The standard InChI is InChI=1S/C17H20N4O3/c1-12-8-15(20-24-12)17(23)21-7-3-5-14(11-21)16(22)19-10-13-4-2-6-18-9-13/h2,4,6,8-9,14H,3,5,7,10-11H2,1H3,(H,19,22)/t14-/m1/s1. The van der Waals surface area contributed by atoms with Crippen molar-refractivity contribution in [2.75, 3.05) is 13.1 Å². The van der Waals surface area contributed by atoms with Crippen LogP contribution in [0.3, 0.4) is 0 Å². The van der Waals surface area contributed by atoms with Gasteiger partial charge in [-0.05, 0) is 31.4 Å². The fourth-order valence-electron chi connectivity index (χ4n) is 2.84. The van der Waals surface area contributed by atoms with E-state index >= 15 is 0 Å². The first-order valence-corrected chi connectivity index (χ1v) is 8.02. The minimum Gasteiger partial charge on any atom is -0.361 e. The zero-order valence-corrected chi connectivity index (χ0v) is 13.6. The number of amides is 2. The Kier molecular flexibility index (Phi) is 4.88. The van der Waals surface area contributed by atoms with Crippen LogP contribution in [0.1, 0.15) is 34.7 Å². The van der Waals surface area contributed by atoms with E-state index in [9.17, 15) is 9.59 Å². The Morgan fingerprint density at radius 2 is 2.33 bits per heavy atom. The Morgan fingerprint density at radius 1 is 1.46 bits per heavy atom. The molecule has 126 valence electrons. The van der Waals surface area contributed by atoms with Crippen LogP contribution < -0.4 is 5.32 Å². The molecule has 1 aliphatic rings. The van der Waals surface area contributed by atoms with Crippen LogP contribution in [0, 0.1) is 12.8 Å². The Labute approximate surface area is 140 Å². The van der Waals surface area contributed by atoms with Gasteiger partial charge >= 0.3 is 0 Å². The van der Waals surface area contributed by atoms with E-state index in [-0.39, 0.29) is 17.7 Å². The highest BCUT2D eigenvalue weighted by Crippen LogP contribution is 2.19. The van der Waals surface area contributed by atoms with Crippen molar-refractivity contribution < 1.29 is 14.1 Å². The maximum absolute atomic E-state index is 12.4. The smallest absolute Gasteiger partial charge is 0.276 e.